The second-order valence-electron chi connectivity index (χ2n) is 4.51. The Morgan fingerprint density at radius 3 is 2.33 bits per heavy atom. The summed E-state index contributed by atoms with van der Waals surface area (Å²) in [6.45, 7) is 4.67. The minimum Gasteiger partial charge on any atom is -0.497 e. The number of nitrogens with one attached hydrogen (secondary N) is 1. The summed E-state index contributed by atoms with van der Waals surface area (Å²) >= 11 is 0. The number of anilines is 1. The summed E-state index contributed by atoms with van der Waals surface area (Å²) in [7, 11) is 3.10. The highest BCUT2D eigenvalue weighted by molar-refractivity contribution is 6.05. The zero-order valence-corrected chi connectivity index (χ0v) is 12.6. The molecular weight excluding hydrogens is 270 g/mol. The van der Waals surface area contributed by atoms with Gasteiger partial charge in [0.2, 0.25) is 0 Å². The van der Waals surface area contributed by atoms with E-state index in [4.69, 9.17) is 9.47 Å². The van der Waals surface area contributed by atoms with Gasteiger partial charge in [0.05, 0.1) is 31.8 Å². The van der Waals surface area contributed by atoms with Crippen molar-refractivity contribution in [1.82, 2.24) is 9.78 Å². The molecule has 2 aromatic rings. The van der Waals surface area contributed by atoms with E-state index < -0.39 is 0 Å². The largest absolute Gasteiger partial charge is 0.497 e. The van der Waals surface area contributed by atoms with Crippen molar-refractivity contribution in [3.8, 4) is 11.5 Å². The topological polar surface area (TPSA) is 65.4 Å². The Balaban J connectivity index is 2.25. The number of hydrogen-bond donors (Lipinski definition) is 1. The molecule has 6 nitrogen and oxygen atoms in total. The van der Waals surface area contributed by atoms with Crippen LogP contribution in [0.4, 0.5) is 5.69 Å². The molecule has 0 aliphatic heterocycles. The van der Waals surface area contributed by atoms with Gasteiger partial charge in [-0.1, -0.05) is 0 Å². The molecule has 0 unspecified atom stereocenters. The average molecular weight is 289 g/mol. The SMILES string of the molecule is CCn1ncc(NC(=O)c2cc(OC)cc(OC)c2)c1C. The second-order valence-corrected chi connectivity index (χ2v) is 4.51. The van der Waals surface area contributed by atoms with E-state index in [0.717, 1.165) is 12.2 Å². The molecule has 0 aliphatic rings. The quantitative estimate of drug-likeness (QED) is 0.918. The van der Waals surface area contributed by atoms with E-state index in [2.05, 4.69) is 10.4 Å². The van der Waals surface area contributed by atoms with Gasteiger partial charge in [-0.15, -0.1) is 0 Å². The molecule has 0 bridgehead atoms. The highest BCUT2D eigenvalue weighted by Crippen LogP contribution is 2.23. The number of aromatic nitrogens is 2. The summed E-state index contributed by atoms with van der Waals surface area (Å²) in [4.78, 5) is 12.3. The van der Waals surface area contributed by atoms with Gasteiger partial charge in [-0.25, -0.2) is 0 Å². The molecule has 112 valence electrons. The Labute approximate surface area is 123 Å². The molecule has 0 saturated heterocycles. The first-order chi connectivity index (χ1) is 10.1. The van der Waals surface area contributed by atoms with Crippen molar-refractivity contribution in [2.75, 3.05) is 19.5 Å². The van der Waals surface area contributed by atoms with E-state index in [1.807, 2.05) is 18.5 Å². The van der Waals surface area contributed by atoms with E-state index in [9.17, 15) is 4.79 Å². The van der Waals surface area contributed by atoms with Crippen LogP contribution >= 0.6 is 0 Å². The summed E-state index contributed by atoms with van der Waals surface area (Å²) in [6, 6.07) is 5.05. The van der Waals surface area contributed by atoms with Crippen molar-refractivity contribution in [3.63, 3.8) is 0 Å². The Morgan fingerprint density at radius 2 is 1.86 bits per heavy atom. The molecule has 0 saturated carbocycles. The molecule has 1 heterocycles. The zero-order valence-electron chi connectivity index (χ0n) is 12.6. The number of ether oxygens (including phenoxy) is 2. The standard InChI is InChI=1S/C15H19N3O3/c1-5-18-10(2)14(9-16-18)17-15(19)11-6-12(20-3)8-13(7-11)21-4/h6-9H,5H2,1-4H3,(H,17,19). The maximum absolute atomic E-state index is 12.3. The summed E-state index contributed by atoms with van der Waals surface area (Å²) in [5, 5.41) is 7.05. The summed E-state index contributed by atoms with van der Waals surface area (Å²) < 4.78 is 12.2. The molecule has 0 atom stereocenters. The van der Waals surface area contributed by atoms with Gasteiger partial charge in [0.25, 0.3) is 5.91 Å². The van der Waals surface area contributed by atoms with Gasteiger partial charge in [-0.3, -0.25) is 9.48 Å². The molecule has 2 rings (SSSR count). The van der Waals surface area contributed by atoms with Gasteiger partial charge < -0.3 is 14.8 Å². The monoisotopic (exact) mass is 289 g/mol. The van der Waals surface area contributed by atoms with Gasteiger partial charge in [0, 0.05) is 18.2 Å². The number of benzene rings is 1. The Bertz CT molecular complexity index is 627. The second kappa shape index (κ2) is 6.30. The molecule has 0 radical (unpaired) electrons. The van der Waals surface area contributed by atoms with Crippen LogP contribution < -0.4 is 14.8 Å². The van der Waals surface area contributed by atoms with Gasteiger partial charge in [-0.2, -0.15) is 5.10 Å². The first-order valence-electron chi connectivity index (χ1n) is 6.65. The fraction of sp³-hybridized carbons (Fsp3) is 0.333. The predicted molar refractivity (Wildman–Crippen MR) is 80.1 cm³/mol. The molecule has 0 spiro atoms. The summed E-state index contributed by atoms with van der Waals surface area (Å²) in [6.07, 6.45) is 1.65. The normalized spacial score (nSPS) is 10.3. The Hall–Kier alpha value is -2.50. The third-order valence-corrected chi connectivity index (χ3v) is 3.26. The van der Waals surface area contributed by atoms with Crippen LogP contribution in [0.5, 0.6) is 11.5 Å². The van der Waals surface area contributed by atoms with E-state index >= 15 is 0 Å². The van der Waals surface area contributed by atoms with Crippen molar-refractivity contribution in [2.45, 2.75) is 20.4 Å². The van der Waals surface area contributed by atoms with Crippen molar-refractivity contribution >= 4 is 11.6 Å². The first kappa shape index (κ1) is 14.9. The fourth-order valence-corrected chi connectivity index (χ4v) is 2.02. The van der Waals surface area contributed by atoms with Crippen LogP contribution in [0, 0.1) is 6.92 Å². The van der Waals surface area contributed by atoms with Crippen LogP contribution in [-0.4, -0.2) is 29.9 Å². The number of nitrogens with zero attached hydrogens (tertiary/aromatic N) is 2. The van der Waals surface area contributed by atoms with E-state index in [1.165, 1.54) is 0 Å². The molecule has 0 aliphatic carbocycles. The highest BCUT2D eigenvalue weighted by atomic mass is 16.5. The van der Waals surface area contributed by atoms with E-state index in [0.29, 0.717) is 22.7 Å². The summed E-state index contributed by atoms with van der Waals surface area (Å²) in [5.74, 6) is 0.909. The number of amides is 1. The smallest absolute Gasteiger partial charge is 0.256 e. The maximum Gasteiger partial charge on any atom is 0.256 e. The molecule has 6 heteroatoms. The number of carbonyl (C=O) groups excluding carboxylic acids is 1. The van der Waals surface area contributed by atoms with Crippen LogP contribution in [0.1, 0.15) is 23.0 Å². The van der Waals surface area contributed by atoms with Gasteiger partial charge >= 0.3 is 0 Å². The number of carbonyl (C=O) groups is 1. The first-order valence-corrected chi connectivity index (χ1v) is 6.65. The average Bonchev–Trinajstić information content (AvgIpc) is 2.86. The Kier molecular flexibility index (Phi) is 4.47. The summed E-state index contributed by atoms with van der Waals surface area (Å²) in [5.41, 5.74) is 2.08. The molecule has 1 amide bonds. The van der Waals surface area contributed by atoms with Crippen LogP contribution in [0.25, 0.3) is 0 Å². The molecule has 1 N–H and O–H groups in total. The van der Waals surface area contributed by atoms with Crippen LogP contribution in [0.15, 0.2) is 24.4 Å². The number of rotatable bonds is 5. The molecule has 21 heavy (non-hydrogen) atoms. The molecule has 0 fully saturated rings. The number of hydrogen-bond acceptors (Lipinski definition) is 4. The Morgan fingerprint density at radius 1 is 1.24 bits per heavy atom. The van der Waals surface area contributed by atoms with Crippen LogP contribution in [-0.2, 0) is 6.54 Å². The molecular formula is C15H19N3O3. The van der Waals surface area contributed by atoms with Crippen molar-refractivity contribution in [1.29, 1.82) is 0 Å². The predicted octanol–water partition coefficient (Wildman–Crippen LogP) is 2.48. The molecule has 1 aromatic carbocycles. The van der Waals surface area contributed by atoms with E-state index in [1.54, 1.807) is 38.6 Å². The van der Waals surface area contributed by atoms with Crippen molar-refractivity contribution < 1.29 is 14.3 Å². The number of aryl methyl sites for hydroxylation is 1. The number of methoxy groups -OCH3 is 2. The molecule has 1 aromatic heterocycles. The van der Waals surface area contributed by atoms with Gasteiger partial charge in [0.15, 0.2) is 0 Å². The highest BCUT2D eigenvalue weighted by Gasteiger charge is 2.13. The van der Waals surface area contributed by atoms with Crippen LogP contribution in [0.3, 0.4) is 0 Å². The van der Waals surface area contributed by atoms with Gasteiger partial charge in [0.1, 0.15) is 11.5 Å². The lowest BCUT2D eigenvalue weighted by atomic mass is 10.2. The van der Waals surface area contributed by atoms with Gasteiger partial charge in [-0.05, 0) is 26.0 Å². The lowest BCUT2D eigenvalue weighted by molar-refractivity contribution is 0.102. The zero-order chi connectivity index (χ0) is 15.4. The lowest BCUT2D eigenvalue weighted by Crippen LogP contribution is -2.13. The maximum atomic E-state index is 12.3. The van der Waals surface area contributed by atoms with Crippen LogP contribution in [0.2, 0.25) is 0 Å². The third kappa shape index (κ3) is 3.16. The fourth-order valence-electron chi connectivity index (χ4n) is 2.02. The van der Waals surface area contributed by atoms with Crippen molar-refractivity contribution in [3.05, 3.63) is 35.7 Å². The van der Waals surface area contributed by atoms with Crippen molar-refractivity contribution in [2.24, 2.45) is 0 Å². The minimum absolute atomic E-state index is 0.231. The third-order valence-electron chi connectivity index (χ3n) is 3.26. The van der Waals surface area contributed by atoms with E-state index in [-0.39, 0.29) is 5.91 Å². The minimum atomic E-state index is -0.231. The lowest BCUT2D eigenvalue weighted by Gasteiger charge is -2.09.